The van der Waals surface area contributed by atoms with Crippen LogP contribution in [0, 0.1) is 0 Å². The van der Waals surface area contributed by atoms with Crippen LogP contribution in [0.1, 0.15) is 110 Å². The van der Waals surface area contributed by atoms with Gasteiger partial charge < -0.3 is 4.18 Å². The summed E-state index contributed by atoms with van der Waals surface area (Å²) in [6.07, 6.45) is 18.9. The largest absolute Gasteiger partial charge is 0.451 e. The first-order chi connectivity index (χ1) is 12.0. The summed E-state index contributed by atoms with van der Waals surface area (Å²) < 4.78 is 30.1. The minimum atomic E-state index is -4.14. The molecule has 0 rings (SSSR count). The lowest BCUT2D eigenvalue weighted by Crippen LogP contribution is -2.13. The van der Waals surface area contributed by atoms with Gasteiger partial charge in [0.25, 0.3) is 0 Å². The van der Waals surface area contributed by atoms with Crippen LogP contribution in [0.4, 0.5) is 0 Å². The maximum atomic E-state index is 11.3. The maximum Gasteiger partial charge on any atom is 0.451 e. The van der Waals surface area contributed by atoms with Gasteiger partial charge in [-0.15, -0.1) is 0 Å². The lowest BCUT2D eigenvalue weighted by atomic mass is 10.0. The molecule has 0 aromatic carbocycles. The van der Waals surface area contributed by atoms with Crippen molar-refractivity contribution in [3.63, 3.8) is 0 Å². The highest BCUT2D eigenvalue weighted by Gasteiger charge is 2.15. The van der Waals surface area contributed by atoms with E-state index < -0.39 is 16.4 Å². The van der Waals surface area contributed by atoms with Gasteiger partial charge in [-0.1, -0.05) is 96.8 Å². The van der Waals surface area contributed by atoms with Crippen molar-refractivity contribution in [3.05, 3.63) is 0 Å². The van der Waals surface area contributed by atoms with Crippen molar-refractivity contribution in [1.29, 1.82) is 0 Å². The number of carbonyl (C=O) groups excluding carboxylic acids is 1. The highest BCUT2D eigenvalue weighted by Crippen LogP contribution is 2.14. The predicted molar refractivity (Wildman–Crippen MR) is 102 cm³/mol. The summed E-state index contributed by atoms with van der Waals surface area (Å²) in [4.78, 5) is 11.3. The number of hydrogen-bond donors (Lipinski definition) is 0. The summed E-state index contributed by atoms with van der Waals surface area (Å²) in [6.45, 7) is 2.25. The molecule has 150 valence electrons. The van der Waals surface area contributed by atoms with Gasteiger partial charge in [-0.2, -0.15) is 8.42 Å². The van der Waals surface area contributed by atoms with Gasteiger partial charge in [0.2, 0.25) is 0 Å². The van der Waals surface area contributed by atoms with E-state index in [0.29, 0.717) is 6.42 Å². The molecule has 0 aromatic rings. The second-order valence-electron chi connectivity index (χ2n) is 6.73. The van der Waals surface area contributed by atoms with E-state index in [-0.39, 0.29) is 6.42 Å². The summed E-state index contributed by atoms with van der Waals surface area (Å²) in [6, 6.07) is 0. The second-order valence-corrected chi connectivity index (χ2v) is 8.05. The van der Waals surface area contributed by atoms with E-state index in [1.165, 1.54) is 77.0 Å². The molecule has 0 aliphatic carbocycles. The van der Waals surface area contributed by atoms with Gasteiger partial charge in [0.05, 0.1) is 7.11 Å². The summed E-state index contributed by atoms with van der Waals surface area (Å²) in [5.41, 5.74) is 0. The van der Waals surface area contributed by atoms with E-state index >= 15 is 0 Å². The fourth-order valence-corrected chi connectivity index (χ4v) is 3.21. The Bertz CT molecular complexity index is 406. The van der Waals surface area contributed by atoms with Crippen molar-refractivity contribution in [2.75, 3.05) is 7.11 Å². The van der Waals surface area contributed by atoms with E-state index in [4.69, 9.17) is 0 Å². The van der Waals surface area contributed by atoms with Crippen LogP contribution < -0.4 is 0 Å². The van der Waals surface area contributed by atoms with Gasteiger partial charge in [-0.05, 0) is 6.42 Å². The van der Waals surface area contributed by atoms with Gasteiger partial charge in [0.1, 0.15) is 0 Å². The Morgan fingerprint density at radius 3 is 1.40 bits per heavy atom. The van der Waals surface area contributed by atoms with E-state index in [0.717, 1.165) is 20.0 Å². The van der Waals surface area contributed by atoms with Crippen molar-refractivity contribution in [1.82, 2.24) is 0 Å². The monoisotopic (exact) mass is 378 g/mol. The Balaban J connectivity index is 3.23. The maximum absolute atomic E-state index is 11.3. The molecule has 0 N–H and O–H groups in total. The molecule has 0 fully saturated rings. The molecule has 0 atom stereocenters. The quantitative estimate of drug-likeness (QED) is 0.287. The fourth-order valence-electron chi connectivity index (χ4n) is 2.83. The third-order valence-electron chi connectivity index (χ3n) is 4.38. The predicted octanol–water partition coefficient (Wildman–Crippen LogP) is 5.68. The SMILES string of the molecule is CCCCCCCCCCCCCCCCCC(=O)OS(=O)(=O)OC. The molecule has 6 heteroatoms. The highest BCUT2D eigenvalue weighted by molar-refractivity contribution is 7.82. The summed E-state index contributed by atoms with van der Waals surface area (Å²) in [5.74, 6) is -0.739. The van der Waals surface area contributed by atoms with Crippen molar-refractivity contribution in [3.8, 4) is 0 Å². The van der Waals surface area contributed by atoms with Gasteiger partial charge >= 0.3 is 16.4 Å². The Labute approximate surface area is 155 Å². The molecule has 5 nitrogen and oxygen atoms in total. The van der Waals surface area contributed by atoms with Crippen LogP contribution in [0.3, 0.4) is 0 Å². The zero-order valence-corrected chi connectivity index (χ0v) is 17.1. The Hall–Kier alpha value is -0.620. The second kappa shape index (κ2) is 16.8. The van der Waals surface area contributed by atoms with E-state index in [1.807, 2.05) is 0 Å². The van der Waals surface area contributed by atoms with Crippen molar-refractivity contribution in [2.24, 2.45) is 0 Å². The normalized spacial score (nSPS) is 11.6. The third-order valence-corrected chi connectivity index (χ3v) is 5.18. The molecular weight excluding hydrogens is 340 g/mol. The fraction of sp³-hybridized carbons (Fsp3) is 0.947. The number of unbranched alkanes of at least 4 members (excludes halogenated alkanes) is 14. The molecule has 0 radical (unpaired) electrons. The molecule has 0 bridgehead atoms. The summed E-state index contributed by atoms with van der Waals surface area (Å²) in [5, 5.41) is 0. The number of rotatable bonds is 18. The molecule has 0 aliphatic rings. The average Bonchev–Trinajstić information content (AvgIpc) is 2.58. The Kier molecular flexibility index (Phi) is 16.4. The zero-order chi connectivity index (χ0) is 18.8. The first kappa shape index (κ1) is 24.4. The van der Waals surface area contributed by atoms with Gasteiger partial charge in [-0.3, -0.25) is 4.79 Å². The van der Waals surface area contributed by atoms with Crippen LogP contribution in [-0.4, -0.2) is 21.5 Å². The first-order valence-corrected chi connectivity index (χ1v) is 11.4. The number of hydrogen-bond acceptors (Lipinski definition) is 5. The van der Waals surface area contributed by atoms with E-state index in [9.17, 15) is 13.2 Å². The average molecular weight is 379 g/mol. The highest BCUT2D eigenvalue weighted by atomic mass is 32.3. The molecule has 25 heavy (non-hydrogen) atoms. The van der Waals surface area contributed by atoms with E-state index in [1.54, 1.807) is 0 Å². The van der Waals surface area contributed by atoms with Crippen LogP contribution in [-0.2, 0) is 23.6 Å². The molecule has 0 saturated carbocycles. The van der Waals surface area contributed by atoms with Crippen molar-refractivity contribution >= 4 is 16.4 Å². The molecule has 0 spiro atoms. The molecule has 0 amide bonds. The smallest absolute Gasteiger partial charge is 0.325 e. The van der Waals surface area contributed by atoms with Crippen LogP contribution in [0.15, 0.2) is 0 Å². The van der Waals surface area contributed by atoms with Crippen LogP contribution >= 0.6 is 0 Å². The van der Waals surface area contributed by atoms with Crippen LogP contribution in [0.2, 0.25) is 0 Å². The van der Waals surface area contributed by atoms with Crippen molar-refractivity contribution in [2.45, 2.75) is 110 Å². The molecule has 0 aromatic heterocycles. The lowest BCUT2D eigenvalue weighted by molar-refractivity contribution is -0.134. The van der Waals surface area contributed by atoms with Gasteiger partial charge in [0, 0.05) is 6.42 Å². The first-order valence-electron chi connectivity index (χ1n) is 10.0. The van der Waals surface area contributed by atoms with Crippen molar-refractivity contribution < 1.29 is 21.6 Å². The van der Waals surface area contributed by atoms with E-state index in [2.05, 4.69) is 15.3 Å². The van der Waals surface area contributed by atoms with Crippen LogP contribution in [0.5, 0.6) is 0 Å². The van der Waals surface area contributed by atoms with Crippen LogP contribution in [0.25, 0.3) is 0 Å². The lowest BCUT2D eigenvalue weighted by Gasteiger charge is -2.04. The molecule has 0 heterocycles. The minimum Gasteiger partial charge on any atom is -0.325 e. The van der Waals surface area contributed by atoms with Gasteiger partial charge in [0.15, 0.2) is 0 Å². The third kappa shape index (κ3) is 18.0. The Morgan fingerprint density at radius 2 is 1.04 bits per heavy atom. The molecule has 0 unspecified atom stereocenters. The summed E-state index contributed by atoms with van der Waals surface area (Å²) in [7, 11) is -3.17. The standard InChI is InChI=1S/C19H38O5S/c1-3-4-5-6-7-8-9-10-11-12-13-14-15-16-17-18-19(20)24-25(21,22)23-2/h3-18H2,1-2H3. The topological polar surface area (TPSA) is 69.7 Å². The Morgan fingerprint density at radius 1 is 0.680 bits per heavy atom. The molecule has 0 saturated heterocycles. The zero-order valence-electron chi connectivity index (χ0n) is 16.3. The summed E-state index contributed by atoms with van der Waals surface area (Å²) >= 11 is 0. The molecule has 0 aliphatic heterocycles. The minimum absolute atomic E-state index is 0.126. The molecular formula is C19H38O5S. The van der Waals surface area contributed by atoms with Gasteiger partial charge in [-0.25, -0.2) is 4.18 Å². The number of carbonyl (C=O) groups is 1.